The molecule has 214 valence electrons. The number of hydrogen-bond acceptors (Lipinski definition) is 4. The molecule has 2 rings (SSSR count). The van der Waals surface area contributed by atoms with Gasteiger partial charge in [-0.15, -0.1) is 0 Å². The van der Waals surface area contributed by atoms with Crippen molar-refractivity contribution in [1.82, 2.24) is 5.32 Å². The highest BCUT2D eigenvalue weighted by molar-refractivity contribution is 7.91. The Morgan fingerprint density at radius 3 is 2.05 bits per heavy atom. The summed E-state index contributed by atoms with van der Waals surface area (Å²) in [4.78, 5) is 24.3. The molecule has 0 saturated carbocycles. The number of carbonyl (C=O) groups excluding carboxylic acids is 2. The van der Waals surface area contributed by atoms with Crippen LogP contribution >= 0.6 is 34.8 Å². The third kappa shape index (κ3) is 9.70. The van der Waals surface area contributed by atoms with Gasteiger partial charge in [-0.1, -0.05) is 53.0 Å². The molecule has 0 saturated heterocycles. The number of allylic oxidation sites excluding steroid dienone is 1. The van der Waals surface area contributed by atoms with Gasteiger partial charge in [-0.2, -0.15) is 26.3 Å². The second-order valence-electron chi connectivity index (χ2n) is 8.67. The van der Waals surface area contributed by atoms with Crippen molar-refractivity contribution in [1.29, 1.82) is 0 Å². The maximum atomic E-state index is 13.8. The van der Waals surface area contributed by atoms with Crippen LogP contribution < -0.4 is 5.32 Å². The zero-order valence-electron chi connectivity index (χ0n) is 20.1. The fraction of sp³-hybridized carbons (Fsp3) is 0.333. The molecule has 0 aromatic heterocycles. The fourth-order valence-corrected chi connectivity index (χ4v) is 4.83. The number of nitrogens with one attached hydrogen (secondary N) is 1. The number of halogens is 9. The molecule has 1 N–H and O–H groups in total. The second-order valence-corrected chi connectivity index (χ2v) is 12.0. The van der Waals surface area contributed by atoms with Gasteiger partial charge in [0.2, 0.25) is 0 Å². The topological polar surface area (TPSA) is 80.3 Å². The van der Waals surface area contributed by atoms with Gasteiger partial charge in [0.05, 0.1) is 32.1 Å². The molecule has 2 aromatic carbocycles. The first-order valence-electron chi connectivity index (χ1n) is 10.8. The number of rotatable bonds is 9. The first kappa shape index (κ1) is 32.9. The van der Waals surface area contributed by atoms with Crippen LogP contribution in [0.5, 0.6) is 0 Å². The van der Waals surface area contributed by atoms with Gasteiger partial charge in [-0.25, -0.2) is 8.42 Å². The first-order chi connectivity index (χ1) is 17.7. The van der Waals surface area contributed by atoms with E-state index in [0.29, 0.717) is 12.1 Å². The largest absolute Gasteiger partial charge is 0.417 e. The van der Waals surface area contributed by atoms with Crippen LogP contribution in [0.4, 0.5) is 26.3 Å². The maximum absolute atomic E-state index is 13.8. The minimum atomic E-state index is -5.06. The lowest BCUT2D eigenvalue weighted by molar-refractivity contribution is -0.139. The zero-order valence-corrected chi connectivity index (χ0v) is 23.1. The lowest BCUT2D eigenvalue weighted by atomic mass is 9.96. The molecule has 1 amide bonds. The fourth-order valence-electron chi connectivity index (χ4n) is 3.51. The van der Waals surface area contributed by atoms with Crippen molar-refractivity contribution < 1.29 is 44.3 Å². The molecule has 2 aromatic rings. The van der Waals surface area contributed by atoms with Crippen LogP contribution in [0, 0.1) is 0 Å². The normalized spacial score (nSPS) is 14.3. The van der Waals surface area contributed by atoms with E-state index in [1.807, 2.05) is 0 Å². The summed E-state index contributed by atoms with van der Waals surface area (Å²) >= 11 is 17.4. The van der Waals surface area contributed by atoms with E-state index in [-0.39, 0.29) is 20.6 Å². The predicted molar refractivity (Wildman–Crippen MR) is 137 cm³/mol. The molecule has 0 aliphatic rings. The van der Waals surface area contributed by atoms with Gasteiger partial charge in [-0.05, 0) is 42.3 Å². The first-order valence-corrected chi connectivity index (χ1v) is 14.0. The number of hydrogen-bond donors (Lipinski definition) is 1. The van der Waals surface area contributed by atoms with E-state index in [9.17, 15) is 44.3 Å². The van der Waals surface area contributed by atoms with E-state index >= 15 is 0 Å². The number of alkyl halides is 6. The minimum Gasteiger partial charge on any atom is -0.349 e. The summed E-state index contributed by atoms with van der Waals surface area (Å²) in [6.07, 6.45) is -8.13. The van der Waals surface area contributed by atoms with Gasteiger partial charge >= 0.3 is 12.4 Å². The van der Waals surface area contributed by atoms with E-state index in [1.165, 1.54) is 6.92 Å². The van der Waals surface area contributed by atoms with Gasteiger partial charge in [0.1, 0.15) is 11.5 Å². The van der Waals surface area contributed by atoms with Crippen molar-refractivity contribution in [3.63, 3.8) is 0 Å². The van der Waals surface area contributed by atoms with Gasteiger partial charge in [0, 0.05) is 18.7 Å². The monoisotopic (exact) mass is 637 g/mol. The van der Waals surface area contributed by atoms with Gasteiger partial charge in [-0.3, -0.25) is 9.59 Å². The number of carbonyl (C=O) groups is 2. The quantitative estimate of drug-likeness (QED) is 0.234. The Morgan fingerprint density at radius 1 is 1.00 bits per heavy atom. The molecule has 2 atom stereocenters. The molecule has 0 spiro atoms. The summed E-state index contributed by atoms with van der Waals surface area (Å²) in [5, 5.41) is 1.54. The summed E-state index contributed by atoms with van der Waals surface area (Å²) in [6.45, 7) is 1.30. The Hall–Kier alpha value is -2.28. The Kier molecular flexibility index (Phi) is 10.5. The average Bonchev–Trinajstić information content (AvgIpc) is 2.74. The Balaban J connectivity index is 2.37. The van der Waals surface area contributed by atoms with Gasteiger partial charge < -0.3 is 5.32 Å². The molecule has 39 heavy (non-hydrogen) atoms. The SMILES string of the molecule is C[C@H](CC(=O)CS(C)(=O)=O)NC(=O)c1ccc(/C=C/C(c2cc(Cl)c(Cl)c(Cl)c2)C(F)(F)F)cc1C(F)(F)F. The van der Waals surface area contributed by atoms with Crippen LogP contribution in [0.3, 0.4) is 0 Å². The van der Waals surface area contributed by atoms with Crippen molar-refractivity contribution in [2.24, 2.45) is 0 Å². The third-order valence-corrected chi connectivity index (χ3v) is 7.17. The van der Waals surface area contributed by atoms with Crippen LogP contribution in [0.15, 0.2) is 36.4 Å². The van der Waals surface area contributed by atoms with Crippen molar-refractivity contribution in [2.75, 3.05) is 12.0 Å². The van der Waals surface area contributed by atoms with Crippen molar-refractivity contribution >= 4 is 62.4 Å². The number of benzene rings is 2. The number of ketones is 1. The maximum Gasteiger partial charge on any atom is 0.417 e. The Labute approximate surface area is 235 Å². The number of sulfone groups is 1. The number of amides is 1. The van der Waals surface area contributed by atoms with Crippen LogP contribution in [0.2, 0.25) is 15.1 Å². The zero-order chi connectivity index (χ0) is 29.9. The number of Topliss-reactive ketones (excluding diaryl/α,β-unsaturated/α-hetero) is 1. The van der Waals surface area contributed by atoms with E-state index in [0.717, 1.165) is 36.6 Å². The lowest BCUT2D eigenvalue weighted by Crippen LogP contribution is -2.36. The van der Waals surface area contributed by atoms with Crippen LogP contribution in [-0.4, -0.2) is 44.3 Å². The lowest BCUT2D eigenvalue weighted by Gasteiger charge is -2.19. The molecular formula is C24H20Cl3F6NO4S. The summed E-state index contributed by atoms with van der Waals surface area (Å²) in [7, 11) is -3.63. The Bertz CT molecular complexity index is 1370. The van der Waals surface area contributed by atoms with Crippen LogP contribution in [0.25, 0.3) is 6.08 Å². The van der Waals surface area contributed by atoms with Crippen LogP contribution in [-0.2, 0) is 20.8 Å². The molecule has 5 nitrogen and oxygen atoms in total. The van der Waals surface area contributed by atoms with Crippen LogP contribution in [0.1, 0.15) is 46.3 Å². The summed E-state index contributed by atoms with van der Waals surface area (Å²) in [6, 6.07) is 3.17. The van der Waals surface area contributed by atoms with E-state index < -0.39 is 74.7 Å². The minimum absolute atomic E-state index is 0.162. The van der Waals surface area contributed by atoms with E-state index in [4.69, 9.17) is 34.8 Å². The highest BCUT2D eigenvalue weighted by Gasteiger charge is 2.40. The molecule has 0 fully saturated rings. The van der Waals surface area contributed by atoms with Crippen molar-refractivity contribution in [3.8, 4) is 0 Å². The Morgan fingerprint density at radius 2 is 1.56 bits per heavy atom. The van der Waals surface area contributed by atoms with Gasteiger partial charge in [0.25, 0.3) is 5.91 Å². The molecule has 0 aliphatic carbocycles. The average molecular weight is 639 g/mol. The highest BCUT2D eigenvalue weighted by Crippen LogP contribution is 2.41. The van der Waals surface area contributed by atoms with Crippen molar-refractivity contribution in [3.05, 3.63) is 73.7 Å². The summed E-state index contributed by atoms with van der Waals surface area (Å²) in [5.41, 5.74) is -2.97. The van der Waals surface area contributed by atoms with E-state index in [1.54, 1.807) is 0 Å². The predicted octanol–water partition coefficient (Wildman–Crippen LogP) is 7.15. The highest BCUT2D eigenvalue weighted by atomic mass is 35.5. The van der Waals surface area contributed by atoms with Crippen molar-refractivity contribution in [2.45, 2.75) is 37.7 Å². The third-order valence-electron chi connectivity index (χ3n) is 5.13. The molecular weight excluding hydrogens is 619 g/mol. The molecule has 15 heteroatoms. The van der Waals surface area contributed by atoms with E-state index in [2.05, 4.69) is 5.32 Å². The molecule has 0 bridgehead atoms. The summed E-state index contributed by atoms with van der Waals surface area (Å²) < 4.78 is 105. The molecule has 0 heterocycles. The molecule has 1 unspecified atom stereocenters. The standard InChI is InChI=1S/C24H20Cl3F6NO4S/c1-12(7-15(35)11-39(2,37)38)34-22(36)16-5-3-13(8-18(16)24(31,32)33)4-6-17(23(28,29)30)14-9-19(25)21(27)20(26)10-14/h3-6,8-10,12,17H,7,11H2,1-2H3,(H,34,36)/b6-4+/t12-,17?/m1/s1. The van der Waals surface area contributed by atoms with Gasteiger partial charge in [0.15, 0.2) is 9.84 Å². The smallest absolute Gasteiger partial charge is 0.349 e. The molecule has 0 aliphatic heterocycles. The summed E-state index contributed by atoms with van der Waals surface area (Å²) in [5.74, 6) is -5.05. The molecule has 0 radical (unpaired) electrons. The second kappa shape index (κ2) is 12.5.